The number of aliphatic hydroxyl groups is 1. The molecule has 2 N–H and O–H groups in total. The molecule has 1 amide bonds. The van der Waals surface area contributed by atoms with Crippen LogP contribution in [-0.4, -0.2) is 42.0 Å². The molecule has 1 aromatic rings. The zero-order valence-corrected chi connectivity index (χ0v) is 17.3. The summed E-state index contributed by atoms with van der Waals surface area (Å²) in [5.41, 5.74) is 0.374. The Morgan fingerprint density at radius 1 is 1.23 bits per heavy atom. The van der Waals surface area contributed by atoms with E-state index >= 15 is 0 Å². The topological polar surface area (TPSA) is 84.9 Å². The number of rotatable bonds is 8. The smallest absolute Gasteiger partial charge is 0.407 e. The number of amides is 1. The van der Waals surface area contributed by atoms with Crippen molar-refractivity contribution in [3.05, 3.63) is 34.3 Å². The van der Waals surface area contributed by atoms with E-state index in [4.69, 9.17) is 9.47 Å². The number of esters is 1. The molecule has 7 heteroatoms. The maximum atomic E-state index is 12.2. The maximum absolute atomic E-state index is 12.2. The van der Waals surface area contributed by atoms with Crippen LogP contribution in [0, 0.1) is 5.92 Å². The second-order valence-corrected chi connectivity index (χ2v) is 7.96. The molecule has 0 fully saturated rings. The Morgan fingerprint density at radius 3 is 2.35 bits per heavy atom. The molecule has 0 aliphatic carbocycles. The van der Waals surface area contributed by atoms with Crippen LogP contribution in [-0.2, 0) is 20.7 Å². The Bertz CT molecular complexity index is 583. The first-order valence-electron chi connectivity index (χ1n) is 8.66. The summed E-state index contributed by atoms with van der Waals surface area (Å²) in [4.78, 5) is 24.1. The van der Waals surface area contributed by atoms with Crippen LogP contribution in [0.15, 0.2) is 28.7 Å². The highest BCUT2D eigenvalue weighted by Crippen LogP contribution is 2.17. The minimum absolute atomic E-state index is 0.242. The normalized spacial score (nSPS) is 13.6. The molecule has 146 valence electrons. The summed E-state index contributed by atoms with van der Waals surface area (Å²) in [7, 11) is 0. The van der Waals surface area contributed by atoms with Crippen molar-refractivity contribution in [2.24, 2.45) is 5.92 Å². The SMILES string of the molecule is CCOC(=O)C(CO)C[C@@H](Cc1ccc(Br)cc1)NC(=O)OC(C)(C)C. The molecule has 0 aliphatic rings. The Morgan fingerprint density at radius 2 is 1.85 bits per heavy atom. The van der Waals surface area contributed by atoms with Gasteiger partial charge in [0.2, 0.25) is 0 Å². The summed E-state index contributed by atoms with van der Waals surface area (Å²) in [6.07, 6.45) is 0.202. The van der Waals surface area contributed by atoms with E-state index in [2.05, 4.69) is 21.2 Å². The lowest BCUT2D eigenvalue weighted by Gasteiger charge is -2.25. The van der Waals surface area contributed by atoms with Crippen molar-refractivity contribution < 1.29 is 24.2 Å². The van der Waals surface area contributed by atoms with Gasteiger partial charge in [0.15, 0.2) is 0 Å². The number of carbonyl (C=O) groups excluding carboxylic acids is 2. The Kier molecular flexibility index (Phi) is 9.08. The monoisotopic (exact) mass is 429 g/mol. The summed E-state index contributed by atoms with van der Waals surface area (Å²) in [6, 6.07) is 7.31. The number of ether oxygens (including phenoxy) is 2. The van der Waals surface area contributed by atoms with Gasteiger partial charge in [0.1, 0.15) is 5.60 Å². The van der Waals surface area contributed by atoms with Crippen LogP contribution in [0.2, 0.25) is 0 Å². The second-order valence-electron chi connectivity index (χ2n) is 7.04. The minimum atomic E-state index is -0.703. The van der Waals surface area contributed by atoms with Crippen molar-refractivity contribution in [3.8, 4) is 0 Å². The molecule has 6 nitrogen and oxygen atoms in total. The Balaban J connectivity index is 2.87. The molecule has 2 atom stereocenters. The first kappa shape index (κ1) is 22.4. The van der Waals surface area contributed by atoms with Gasteiger partial charge < -0.3 is 19.9 Å². The molecule has 0 saturated carbocycles. The Labute approximate surface area is 163 Å². The number of benzene rings is 1. The predicted molar refractivity (Wildman–Crippen MR) is 103 cm³/mol. The molecule has 1 rings (SSSR count). The lowest BCUT2D eigenvalue weighted by molar-refractivity contribution is -0.149. The van der Waals surface area contributed by atoms with Crippen LogP contribution in [0.3, 0.4) is 0 Å². The van der Waals surface area contributed by atoms with Gasteiger partial charge in [-0.15, -0.1) is 0 Å². The van der Waals surface area contributed by atoms with E-state index in [1.165, 1.54) is 0 Å². The third-order valence-corrected chi connectivity index (χ3v) is 4.05. The van der Waals surface area contributed by atoms with Crippen LogP contribution in [0.5, 0.6) is 0 Å². The fourth-order valence-electron chi connectivity index (χ4n) is 2.42. The van der Waals surface area contributed by atoms with Crippen molar-refractivity contribution in [2.75, 3.05) is 13.2 Å². The molecule has 0 bridgehead atoms. The van der Waals surface area contributed by atoms with Gasteiger partial charge in [0, 0.05) is 10.5 Å². The summed E-state index contributed by atoms with van der Waals surface area (Å²) in [5, 5.41) is 12.4. The maximum Gasteiger partial charge on any atom is 0.407 e. The van der Waals surface area contributed by atoms with Gasteiger partial charge in [-0.3, -0.25) is 4.79 Å². The lowest BCUT2D eigenvalue weighted by Crippen LogP contribution is -2.42. The number of halogens is 1. The largest absolute Gasteiger partial charge is 0.466 e. The van der Waals surface area contributed by atoms with Crippen LogP contribution in [0.1, 0.15) is 39.7 Å². The van der Waals surface area contributed by atoms with Gasteiger partial charge in [0.25, 0.3) is 0 Å². The molecule has 0 saturated heterocycles. The van der Waals surface area contributed by atoms with Crippen molar-refractivity contribution >= 4 is 28.0 Å². The molecular formula is C19H28BrNO5. The third-order valence-electron chi connectivity index (χ3n) is 3.53. The van der Waals surface area contributed by atoms with E-state index in [9.17, 15) is 14.7 Å². The van der Waals surface area contributed by atoms with E-state index in [1.54, 1.807) is 27.7 Å². The van der Waals surface area contributed by atoms with Gasteiger partial charge in [-0.2, -0.15) is 0 Å². The molecule has 1 aromatic carbocycles. The van der Waals surface area contributed by atoms with E-state index in [-0.39, 0.29) is 25.7 Å². The van der Waals surface area contributed by atoms with Crippen molar-refractivity contribution in [1.29, 1.82) is 0 Å². The van der Waals surface area contributed by atoms with Gasteiger partial charge in [0.05, 0.1) is 19.1 Å². The zero-order valence-electron chi connectivity index (χ0n) is 15.8. The number of aliphatic hydroxyl groups excluding tert-OH is 1. The Hall–Kier alpha value is -1.60. The second kappa shape index (κ2) is 10.5. The molecule has 0 aliphatic heterocycles. The fourth-order valence-corrected chi connectivity index (χ4v) is 2.69. The van der Waals surface area contributed by atoms with Gasteiger partial charge in [-0.25, -0.2) is 4.79 Å². The highest BCUT2D eigenvalue weighted by atomic mass is 79.9. The highest BCUT2D eigenvalue weighted by molar-refractivity contribution is 9.10. The van der Waals surface area contributed by atoms with Gasteiger partial charge >= 0.3 is 12.1 Å². The fraction of sp³-hybridized carbons (Fsp3) is 0.579. The highest BCUT2D eigenvalue weighted by Gasteiger charge is 2.26. The number of nitrogens with one attached hydrogen (secondary N) is 1. The third kappa shape index (κ3) is 8.67. The lowest BCUT2D eigenvalue weighted by atomic mass is 9.95. The summed E-state index contributed by atoms with van der Waals surface area (Å²) in [5.74, 6) is -1.17. The predicted octanol–water partition coefficient (Wildman–Crippen LogP) is 3.45. The van der Waals surface area contributed by atoms with Crippen molar-refractivity contribution in [2.45, 2.75) is 52.2 Å². The van der Waals surface area contributed by atoms with E-state index in [0.29, 0.717) is 6.42 Å². The summed E-state index contributed by atoms with van der Waals surface area (Å²) >= 11 is 3.39. The first-order valence-corrected chi connectivity index (χ1v) is 9.45. The van der Waals surface area contributed by atoms with E-state index < -0.39 is 23.6 Å². The number of hydrogen-bond acceptors (Lipinski definition) is 5. The van der Waals surface area contributed by atoms with E-state index in [0.717, 1.165) is 10.0 Å². The number of carbonyl (C=O) groups is 2. The average Bonchev–Trinajstić information content (AvgIpc) is 2.52. The van der Waals surface area contributed by atoms with Crippen LogP contribution < -0.4 is 5.32 Å². The van der Waals surface area contributed by atoms with E-state index in [1.807, 2.05) is 24.3 Å². The van der Waals surface area contributed by atoms with Gasteiger partial charge in [-0.05, 0) is 58.2 Å². The zero-order chi connectivity index (χ0) is 19.7. The average molecular weight is 430 g/mol. The first-order chi connectivity index (χ1) is 12.1. The van der Waals surface area contributed by atoms with Gasteiger partial charge in [-0.1, -0.05) is 28.1 Å². The number of hydrogen-bond donors (Lipinski definition) is 2. The standard InChI is InChI=1S/C19H28BrNO5/c1-5-25-17(23)14(12-22)11-16(21-18(24)26-19(2,3)4)10-13-6-8-15(20)9-7-13/h6-9,14,16,22H,5,10-12H2,1-4H3,(H,21,24)/t14?,16-/m1/s1. The van der Waals surface area contributed by atoms with Crippen molar-refractivity contribution in [3.63, 3.8) is 0 Å². The minimum Gasteiger partial charge on any atom is -0.466 e. The quantitative estimate of drug-likeness (QED) is 0.618. The van der Waals surface area contributed by atoms with Crippen molar-refractivity contribution in [1.82, 2.24) is 5.32 Å². The molecule has 0 radical (unpaired) electrons. The summed E-state index contributed by atoms with van der Waals surface area (Å²) in [6.45, 7) is 6.96. The number of alkyl carbamates (subject to hydrolysis) is 1. The molecule has 1 unspecified atom stereocenters. The van der Waals surface area contributed by atoms with Crippen LogP contribution >= 0.6 is 15.9 Å². The molecule has 26 heavy (non-hydrogen) atoms. The molecular weight excluding hydrogens is 402 g/mol. The summed E-state index contributed by atoms with van der Waals surface area (Å²) < 4.78 is 11.3. The molecule has 0 heterocycles. The van der Waals surface area contributed by atoms with Crippen LogP contribution in [0.25, 0.3) is 0 Å². The molecule has 0 aromatic heterocycles. The molecule has 0 spiro atoms. The van der Waals surface area contributed by atoms with Crippen LogP contribution in [0.4, 0.5) is 4.79 Å².